The lowest BCUT2D eigenvalue weighted by molar-refractivity contribution is 0.102. The lowest BCUT2D eigenvalue weighted by Crippen LogP contribution is -2.37. The van der Waals surface area contributed by atoms with E-state index in [1.54, 1.807) is 32.9 Å². The smallest absolute Gasteiger partial charge is 0.329 e. The molecule has 0 aliphatic heterocycles. The molecule has 0 atom stereocenters. The molecule has 0 spiro atoms. The number of rotatable bonds is 6. The number of aryl methyl sites for hydroxylation is 1. The normalized spacial score (nSPS) is 15.4. The van der Waals surface area contributed by atoms with Crippen molar-refractivity contribution in [3.05, 3.63) is 67.0 Å². The number of terminal acetylenes is 1. The fourth-order valence-electron chi connectivity index (χ4n) is 4.35. The molecule has 51 heavy (non-hydrogen) atoms. The molecule has 4 fully saturated rings. The van der Waals surface area contributed by atoms with Crippen LogP contribution < -0.4 is 11.2 Å². The van der Waals surface area contributed by atoms with Gasteiger partial charge in [0.25, 0.3) is 15.7 Å². The van der Waals surface area contributed by atoms with Crippen molar-refractivity contribution in [3.63, 3.8) is 0 Å². The monoisotopic (exact) mass is 711 g/mol. The SMILES string of the molecule is C#CC1CC1.CS(=O)(=O)OCC#CC1CC1.Cc1cc(C#N)cc(C(=O)c2c(C(C)C)c(=O)[nH]c(=O)n2CC#CC2CC2)c1.OCC#CC1CC1. The summed E-state index contributed by atoms with van der Waals surface area (Å²) < 4.78 is 26.4. The number of carbonyl (C=O) groups is 1. The van der Waals surface area contributed by atoms with Crippen molar-refractivity contribution in [2.45, 2.75) is 84.6 Å². The van der Waals surface area contributed by atoms with E-state index < -0.39 is 27.2 Å². The molecule has 1 aromatic carbocycles. The van der Waals surface area contributed by atoms with Crippen LogP contribution in [0.2, 0.25) is 0 Å². The molecule has 4 aliphatic carbocycles. The third-order valence-electron chi connectivity index (χ3n) is 7.62. The molecular weight excluding hydrogens is 667 g/mol. The van der Waals surface area contributed by atoms with E-state index in [-0.39, 0.29) is 42.5 Å². The molecule has 0 bridgehead atoms. The number of aliphatic hydroxyl groups excluding tert-OH is 1. The minimum absolute atomic E-state index is 0.00463. The van der Waals surface area contributed by atoms with Crippen LogP contribution in [0.3, 0.4) is 0 Å². The first kappa shape index (κ1) is 40.6. The van der Waals surface area contributed by atoms with Gasteiger partial charge in [0.2, 0.25) is 5.78 Å². The van der Waals surface area contributed by atoms with Gasteiger partial charge in [-0.15, -0.1) is 12.3 Å². The van der Waals surface area contributed by atoms with E-state index in [9.17, 15) is 28.1 Å². The Kier molecular flexibility index (Phi) is 15.5. The van der Waals surface area contributed by atoms with Gasteiger partial charge in [0.15, 0.2) is 0 Å². The summed E-state index contributed by atoms with van der Waals surface area (Å²) in [5.41, 5.74) is 0.440. The number of benzene rings is 1. The Bertz CT molecular complexity index is 2060. The molecule has 0 unspecified atom stereocenters. The van der Waals surface area contributed by atoms with Gasteiger partial charge in [0.1, 0.15) is 18.9 Å². The lowest BCUT2D eigenvalue weighted by Gasteiger charge is -2.16. The molecule has 1 heterocycles. The van der Waals surface area contributed by atoms with E-state index in [2.05, 4.69) is 50.6 Å². The van der Waals surface area contributed by atoms with E-state index in [1.165, 1.54) is 36.3 Å². The first-order valence-electron chi connectivity index (χ1n) is 17.1. The van der Waals surface area contributed by atoms with Crippen LogP contribution in [0.1, 0.15) is 104 Å². The van der Waals surface area contributed by atoms with Crippen LogP contribution in [-0.4, -0.2) is 48.3 Å². The number of aromatic nitrogens is 2. The second-order valence-corrected chi connectivity index (χ2v) is 14.8. The van der Waals surface area contributed by atoms with E-state index in [0.29, 0.717) is 29.2 Å². The number of hydrogen-bond donors (Lipinski definition) is 2. The highest BCUT2D eigenvalue weighted by molar-refractivity contribution is 7.86. The predicted molar refractivity (Wildman–Crippen MR) is 196 cm³/mol. The van der Waals surface area contributed by atoms with Gasteiger partial charge >= 0.3 is 5.69 Å². The third kappa shape index (κ3) is 15.7. The summed E-state index contributed by atoms with van der Waals surface area (Å²) in [6.45, 7) is 5.43. The number of ketones is 1. The Morgan fingerprint density at radius 2 is 1.51 bits per heavy atom. The van der Waals surface area contributed by atoms with Gasteiger partial charge < -0.3 is 5.11 Å². The van der Waals surface area contributed by atoms with Crippen LogP contribution in [0.15, 0.2) is 27.8 Å². The Morgan fingerprint density at radius 1 is 0.961 bits per heavy atom. The van der Waals surface area contributed by atoms with Crippen LogP contribution >= 0.6 is 0 Å². The molecule has 6 rings (SSSR count). The molecule has 0 saturated heterocycles. The number of aliphatic hydroxyl groups is 1. The second kappa shape index (κ2) is 19.5. The van der Waals surface area contributed by atoms with Crippen molar-refractivity contribution in [2.24, 2.45) is 23.7 Å². The summed E-state index contributed by atoms with van der Waals surface area (Å²) in [7, 11) is -3.30. The molecule has 268 valence electrons. The highest BCUT2D eigenvalue weighted by Crippen LogP contribution is 2.28. The van der Waals surface area contributed by atoms with Crippen molar-refractivity contribution in [2.75, 3.05) is 19.5 Å². The summed E-state index contributed by atoms with van der Waals surface area (Å²) in [4.78, 5) is 40.6. The summed E-state index contributed by atoms with van der Waals surface area (Å²) in [6, 6.07) is 6.83. The molecule has 4 saturated carbocycles. The molecular formula is C40H45N3O7S. The average molecular weight is 712 g/mol. The van der Waals surface area contributed by atoms with E-state index >= 15 is 0 Å². The van der Waals surface area contributed by atoms with Gasteiger partial charge in [0, 0.05) is 34.8 Å². The number of nitrogens with zero attached hydrogens (tertiary/aromatic N) is 2. The number of hydrogen-bond acceptors (Lipinski definition) is 8. The number of aromatic amines is 1. The van der Waals surface area contributed by atoms with E-state index in [1.807, 2.05) is 6.07 Å². The van der Waals surface area contributed by atoms with Gasteiger partial charge in [-0.05, 0) is 88.0 Å². The molecule has 10 nitrogen and oxygen atoms in total. The molecule has 11 heteroatoms. The fourth-order valence-corrected chi connectivity index (χ4v) is 4.62. The quantitative estimate of drug-likeness (QED) is 0.255. The molecule has 0 radical (unpaired) electrons. The molecule has 0 amide bonds. The first-order chi connectivity index (χ1) is 24.3. The molecule has 4 aliphatic rings. The Morgan fingerprint density at radius 3 is 1.96 bits per heavy atom. The highest BCUT2D eigenvalue weighted by Gasteiger charge is 2.25. The zero-order valence-corrected chi connectivity index (χ0v) is 30.5. The second-order valence-electron chi connectivity index (χ2n) is 13.1. The Labute approximate surface area is 301 Å². The summed E-state index contributed by atoms with van der Waals surface area (Å²) in [5.74, 6) is 21.2. The third-order valence-corrected chi connectivity index (χ3v) is 8.17. The first-order valence-corrected chi connectivity index (χ1v) is 18.9. The van der Waals surface area contributed by atoms with Crippen LogP contribution in [0.25, 0.3) is 0 Å². The van der Waals surface area contributed by atoms with Crippen LogP contribution in [0.4, 0.5) is 0 Å². The van der Waals surface area contributed by atoms with Crippen molar-refractivity contribution in [1.29, 1.82) is 5.26 Å². The summed E-state index contributed by atoms with van der Waals surface area (Å²) in [6.07, 6.45) is 15.4. The number of H-pyrrole nitrogens is 1. The molecule has 2 aromatic rings. The number of carbonyl (C=O) groups excluding carboxylic acids is 1. The van der Waals surface area contributed by atoms with Gasteiger partial charge in [0.05, 0.1) is 24.4 Å². The maximum atomic E-state index is 13.4. The van der Waals surface area contributed by atoms with Gasteiger partial charge in [-0.3, -0.25) is 23.3 Å². The van der Waals surface area contributed by atoms with Gasteiger partial charge in [-0.25, -0.2) is 4.79 Å². The molecule has 1 aromatic heterocycles. The summed E-state index contributed by atoms with van der Waals surface area (Å²) in [5, 5.41) is 17.4. The van der Waals surface area contributed by atoms with Crippen molar-refractivity contribution in [1.82, 2.24) is 9.55 Å². The minimum atomic E-state index is -3.30. The van der Waals surface area contributed by atoms with E-state index in [0.717, 1.165) is 37.5 Å². The van der Waals surface area contributed by atoms with E-state index in [4.69, 9.17) is 11.5 Å². The fraction of sp³-hybridized carbons (Fsp3) is 0.500. The van der Waals surface area contributed by atoms with Crippen molar-refractivity contribution < 1.29 is 22.5 Å². The standard InChI is InChI=1S/C22H21N3O3.C7H10O3S.C6H8O.C5H6/c1-13(2)18-19(20(26)17-10-14(3)9-16(11-17)12-23)25(22(28)24-21(18)27)8-4-5-15-6-7-15;1-11(8,9)10-6-2-3-7-4-5-7;7-5-1-2-6-3-4-6;1-2-5-3-4-5/h9-11,13,15H,6-8H2,1-3H3,(H,24,27,28);7H,4-6H2,1H3;6-7H,3-5H2;1,5H,3-4H2. The topological polar surface area (TPSA) is 159 Å². The zero-order valence-electron chi connectivity index (χ0n) is 29.7. The molecule has 2 N–H and O–H groups in total. The highest BCUT2D eigenvalue weighted by atomic mass is 32.2. The Balaban J connectivity index is 0.000000245. The van der Waals surface area contributed by atoms with Crippen molar-refractivity contribution in [3.8, 4) is 53.9 Å². The predicted octanol–water partition coefficient (Wildman–Crippen LogP) is 4.28. The number of nitriles is 1. The van der Waals surface area contributed by atoms with Crippen LogP contribution in [-0.2, 0) is 20.8 Å². The maximum absolute atomic E-state index is 13.4. The Hall–Kier alpha value is -4.83. The number of nitrogens with one attached hydrogen (secondary N) is 1. The van der Waals surface area contributed by atoms with Gasteiger partial charge in [-0.1, -0.05) is 49.4 Å². The minimum Gasteiger partial charge on any atom is -0.384 e. The van der Waals surface area contributed by atoms with Crippen molar-refractivity contribution >= 4 is 15.9 Å². The zero-order chi connectivity index (χ0) is 37.6. The van der Waals surface area contributed by atoms with Crippen LogP contribution in [0.5, 0.6) is 0 Å². The maximum Gasteiger partial charge on any atom is 0.329 e. The lowest BCUT2D eigenvalue weighted by atomic mass is 9.95. The van der Waals surface area contributed by atoms with Gasteiger partial charge in [-0.2, -0.15) is 13.7 Å². The average Bonchev–Trinajstić information content (AvgIpc) is 3.87. The summed E-state index contributed by atoms with van der Waals surface area (Å²) >= 11 is 0. The van der Waals surface area contributed by atoms with Crippen LogP contribution in [0, 0.1) is 89.8 Å². The largest absolute Gasteiger partial charge is 0.384 e.